The zero-order chi connectivity index (χ0) is 17.8. The molecule has 1 aromatic heterocycles. The number of rotatable bonds is 5. The largest absolute Gasteiger partial charge is 0.480 e. The fraction of sp³-hybridized carbons (Fsp3) is 0.389. The number of hydrogen-bond acceptors (Lipinski definition) is 6. The van der Waals surface area contributed by atoms with E-state index < -0.39 is 0 Å². The van der Waals surface area contributed by atoms with Gasteiger partial charge < -0.3 is 19.3 Å². The minimum atomic E-state index is -0.0913. The first-order valence-electron chi connectivity index (χ1n) is 8.16. The summed E-state index contributed by atoms with van der Waals surface area (Å²) in [6.45, 7) is 1.20. The average Bonchev–Trinajstić information content (AvgIpc) is 3.09. The molecule has 0 aliphatic carbocycles. The van der Waals surface area contributed by atoms with Crippen molar-refractivity contribution in [1.82, 2.24) is 14.9 Å². The van der Waals surface area contributed by atoms with Crippen LogP contribution in [0.15, 0.2) is 36.7 Å². The molecule has 1 atom stereocenters. The fourth-order valence-corrected chi connectivity index (χ4v) is 2.75. The predicted octanol–water partition coefficient (Wildman–Crippen LogP) is 1.84. The molecule has 0 N–H and O–H groups in total. The highest BCUT2D eigenvalue weighted by Crippen LogP contribution is 2.20. The Morgan fingerprint density at radius 2 is 1.92 bits per heavy atom. The van der Waals surface area contributed by atoms with Crippen LogP contribution in [0.5, 0.6) is 11.8 Å². The van der Waals surface area contributed by atoms with E-state index in [4.69, 9.17) is 9.47 Å². The average molecular weight is 342 g/mol. The van der Waals surface area contributed by atoms with Gasteiger partial charge in [0, 0.05) is 38.3 Å². The van der Waals surface area contributed by atoms with Crippen molar-refractivity contribution in [3.05, 3.63) is 42.2 Å². The normalized spacial score (nSPS) is 16.6. The second-order valence-corrected chi connectivity index (χ2v) is 6.12. The van der Waals surface area contributed by atoms with Crippen molar-refractivity contribution < 1.29 is 14.3 Å². The minimum Gasteiger partial charge on any atom is -0.480 e. The van der Waals surface area contributed by atoms with Crippen LogP contribution in [0.4, 0.5) is 5.69 Å². The lowest BCUT2D eigenvalue weighted by atomic mass is 10.2. The molecule has 1 fully saturated rings. The Kier molecular flexibility index (Phi) is 5.02. The van der Waals surface area contributed by atoms with E-state index in [2.05, 4.69) is 9.97 Å². The third kappa shape index (κ3) is 3.99. The van der Waals surface area contributed by atoms with Gasteiger partial charge in [0.05, 0.1) is 26.0 Å². The van der Waals surface area contributed by atoms with Gasteiger partial charge in [-0.15, -0.1) is 0 Å². The van der Waals surface area contributed by atoms with Crippen LogP contribution in [-0.2, 0) is 0 Å². The fourth-order valence-electron chi connectivity index (χ4n) is 2.75. The standard InChI is InChI=1S/C18H22N4O3/c1-21(2)14-6-4-13(5-7-14)18(23)22-9-8-15(12-22)25-17-11-19-10-16(20-17)24-3/h4-7,10-11,15H,8-9,12H2,1-3H3. The molecule has 0 saturated carbocycles. The Hall–Kier alpha value is -2.83. The van der Waals surface area contributed by atoms with E-state index in [1.165, 1.54) is 13.3 Å². The molecule has 2 aromatic rings. The lowest BCUT2D eigenvalue weighted by Crippen LogP contribution is -2.31. The highest BCUT2D eigenvalue weighted by atomic mass is 16.5. The van der Waals surface area contributed by atoms with Gasteiger partial charge in [0.1, 0.15) is 6.10 Å². The molecule has 1 aliphatic heterocycles. The quantitative estimate of drug-likeness (QED) is 0.826. The maximum absolute atomic E-state index is 12.6. The summed E-state index contributed by atoms with van der Waals surface area (Å²) >= 11 is 0. The lowest BCUT2D eigenvalue weighted by Gasteiger charge is -2.18. The number of benzene rings is 1. The van der Waals surface area contributed by atoms with E-state index >= 15 is 0 Å². The number of ether oxygens (including phenoxy) is 2. The number of amides is 1. The molecule has 3 rings (SSSR count). The van der Waals surface area contributed by atoms with Crippen molar-refractivity contribution in [3.63, 3.8) is 0 Å². The van der Waals surface area contributed by atoms with Crippen LogP contribution in [0.3, 0.4) is 0 Å². The summed E-state index contributed by atoms with van der Waals surface area (Å²) in [4.78, 5) is 24.7. The number of anilines is 1. The first kappa shape index (κ1) is 17.0. The zero-order valence-electron chi connectivity index (χ0n) is 14.7. The van der Waals surface area contributed by atoms with Gasteiger partial charge in [0.2, 0.25) is 11.8 Å². The summed E-state index contributed by atoms with van der Waals surface area (Å²) in [5.74, 6) is 0.839. The number of aromatic nitrogens is 2. The van der Waals surface area contributed by atoms with Crippen molar-refractivity contribution in [2.45, 2.75) is 12.5 Å². The number of carbonyl (C=O) groups excluding carboxylic acids is 1. The van der Waals surface area contributed by atoms with Crippen molar-refractivity contribution in [2.24, 2.45) is 0 Å². The third-order valence-electron chi connectivity index (χ3n) is 4.15. The second-order valence-electron chi connectivity index (χ2n) is 6.12. The molecule has 7 heteroatoms. The molecule has 1 aliphatic rings. The van der Waals surface area contributed by atoms with Crippen LogP contribution in [0.25, 0.3) is 0 Å². The summed E-state index contributed by atoms with van der Waals surface area (Å²) in [5, 5.41) is 0. The van der Waals surface area contributed by atoms with E-state index in [1.54, 1.807) is 6.20 Å². The smallest absolute Gasteiger partial charge is 0.253 e. The molecular weight excluding hydrogens is 320 g/mol. The van der Waals surface area contributed by atoms with Crippen molar-refractivity contribution in [1.29, 1.82) is 0 Å². The van der Waals surface area contributed by atoms with Gasteiger partial charge in [-0.05, 0) is 24.3 Å². The first-order chi connectivity index (χ1) is 12.1. The SMILES string of the molecule is COc1cncc(OC2CCN(C(=O)c3ccc(N(C)C)cc3)C2)n1. The van der Waals surface area contributed by atoms with E-state index in [-0.39, 0.29) is 12.0 Å². The lowest BCUT2D eigenvalue weighted by molar-refractivity contribution is 0.0771. The number of hydrogen-bond donors (Lipinski definition) is 0. The Labute approximate surface area is 147 Å². The first-order valence-corrected chi connectivity index (χ1v) is 8.16. The van der Waals surface area contributed by atoms with Gasteiger partial charge in [-0.25, -0.2) is 0 Å². The highest BCUT2D eigenvalue weighted by molar-refractivity contribution is 5.94. The predicted molar refractivity (Wildman–Crippen MR) is 94.3 cm³/mol. The highest BCUT2D eigenvalue weighted by Gasteiger charge is 2.28. The van der Waals surface area contributed by atoms with Gasteiger partial charge in [-0.1, -0.05) is 0 Å². The Bertz CT molecular complexity index is 733. The topological polar surface area (TPSA) is 67.8 Å². The van der Waals surface area contributed by atoms with Crippen LogP contribution in [0.2, 0.25) is 0 Å². The molecule has 1 aromatic carbocycles. The van der Waals surface area contributed by atoms with Crippen molar-refractivity contribution >= 4 is 11.6 Å². The van der Waals surface area contributed by atoms with Gasteiger partial charge in [-0.3, -0.25) is 9.78 Å². The molecule has 2 heterocycles. The summed E-state index contributed by atoms with van der Waals surface area (Å²) < 4.78 is 10.9. The Balaban J connectivity index is 1.60. The molecule has 1 amide bonds. The molecular formula is C18H22N4O3. The van der Waals surface area contributed by atoms with E-state index in [0.717, 1.165) is 12.1 Å². The molecule has 1 unspecified atom stereocenters. The number of likely N-dealkylation sites (tertiary alicyclic amines) is 1. The molecule has 1 saturated heterocycles. The molecule has 0 bridgehead atoms. The van der Waals surface area contributed by atoms with Crippen molar-refractivity contribution in [2.75, 3.05) is 39.2 Å². The third-order valence-corrected chi connectivity index (χ3v) is 4.15. The number of nitrogens with zero attached hydrogens (tertiary/aromatic N) is 4. The Morgan fingerprint density at radius 1 is 1.20 bits per heavy atom. The van der Waals surface area contributed by atoms with Gasteiger partial charge >= 0.3 is 0 Å². The van der Waals surface area contributed by atoms with Crippen LogP contribution in [0.1, 0.15) is 16.8 Å². The maximum Gasteiger partial charge on any atom is 0.253 e. The van der Waals surface area contributed by atoms with Crippen LogP contribution >= 0.6 is 0 Å². The van der Waals surface area contributed by atoms with Crippen LogP contribution < -0.4 is 14.4 Å². The maximum atomic E-state index is 12.6. The Morgan fingerprint density at radius 3 is 2.60 bits per heavy atom. The van der Waals surface area contributed by atoms with Gasteiger partial charge in [-0.2, -0.15) is 4.98 Å². The molecule has 25 heavy (non-hydrogen) atoms. The molecule has 132 valence electrons. The second kappa shape index (κ2) is 7.38. The van der Waals surface area contributed by atoms with E-state index in [9.17, 15) is 4.79 Å². The monoisotopic (exact) mass is 342 g/mol. The number of carbonyl (C=O) groups is 1. The summed E-state index contributed by atoms with van der Waals surface area (Å²) in [6, 6.07) is 7.62. The summed E-state index contributed by atoms with van der Waals surface area (Å²) in [7, 11) is 5.48. The van der Waals surface area contributed by atoms with Gasteiger partial charge in [0.15, 0.2) is 0 Å². The summed E-state index contributed by atoms with van der Waals surface area (Å²) in [5.41, 5.74) is 1.75. The molecule has 7 nitrogen and oxygen atoms in total. The molecule has 0 spiro atoms. The van der Waals surface area contributed by atoms with Gasteiger partial charge in [0.25, 0.3) is 5.91 Å². The minimum absolute atomic E-state index is 0.0214. The van der Waals surface area contributed by atoms with E-state index in [1.807, 2.05) is 48.2 Å². The van der Waals surface area contributed by atoms with Crippen molar-refractivity contribution in [3.8, 4) is 11.8 Å². The summed E-state index contributed by atoms with van der Waals surface area (Å²) in [6.07, 6.45) is 3.74. The zero-order valence-corrected chi connectivity index (χ0v) is 14.7. The van der Waals surface area contributed by atoms with E-state index in [0.29, 0.717) is 30.4 Å². The molecule has 0 radical (unpaired) electrons. The number of methoxy groups -OCH3 is 1. The van der Waals surface area contributed by atoms with Crippen LogP contribution in [0, 0.1) is 0 Å². The van der Waals surface area contributed by atoms with Crippen LogP contribution in [-0.4, -0.2) is 61.2 Å².